The van der Waals surface area contributed by atoms with Crippen molar-refractivity contribution in [3.63, 3.8) is 0 Å². The normalized spacial score (nSPS) is 24.6. The average molecular weight is 515 g/mol. The van der Waals surface area contributed by atoms with E-state index in [2.05, 4.69) is 10.1 Å². The van der Waals surface area contributed by atoms with Crippen molar-refractivity contribution in [3.8, 4) is 6.07 Å². The molecule has 2 aromatic carbocycles. The first-order chi connectivity index (χ1) is 18.3. The molecular formula is C28H23FN4O5. The van der Waals surface area contributed by atoms with Crippen LogP contribution in [0.1, 0.15) is 39.0 Å². The van der Waals surface area contributed by atoms with Crippen LogP contribution in [0, 0.1) is 18.3 Å². The number of esters is 2. The molecule has 5 rings (SSSR count). The molecule has 9 nitrogen and oxygen atoms in total. The van der Waals surface area contributed by atoms with E-state index in [0.717, 1.165) is 6.92 Å². The van der Waals surface area contributed by atoms with Crippen LogP contribution in [0.2, 0.25) is 0 Å². The molecule has 0 amide bonds. The number of ether oxygens (including phenoxy) is 3. The van der Waals surface area contributed by atoms with Crippen molar-refractivity contribution in [2.75, 3.05) is 6.61 Å². The molecule has 0 spiro atoms. The molecule has 1 aliphatic rings. The zero-order valence-electron chi connectivity index (χ0n) is 20.6. The van der Waals surface area contributed by atoms with Crippen molar-refractivity contribution in [1.29, 1.82) is 5.26 Å². The number of rotatable bonds is 6. The molecule has 0 radical (unpaired) electrons. The number of carbonyl (C=O) groups excluding carboxylic acids is 2. The molecule has 4 atom stereocenters. The first-order valence-electron chi connectivity index (χ1n) is 11.8. The first kappa shape index (κ1) is 25.0. The monoisotopic (exact) mass is 514 g/mol. The van der Waals surface area contributed by atoms with Crippen LogP contribution in [0.3, 0.4) is 0 Å². The highest BCUT2D eigenvalue weighted by Gasteiger charge is 2.69. The number of hydrogen-bond acceptors (Lipinski definition) is 8. The minimum atomic E-state index is -2.58. The first-order valence-corrected chi connectivity index (χ1v) is 11.8. The van der Waals surface area contributed by atoms with Gasteiger partial charge in [0, 0.05) is 0 Å². The fourth-order valence-corrected chi connectivity index (χ4v) is 4.66. The van der Waals surface area contributed by atoms with Crippen LogP contribution in [0.15, 0.2) is 79.1 Å². The van der Waals surface area contributed by atoms with Gasteiger partial charge in [0.25, 0.3) is 0 Å². The molecule has 192 valence electrons. The largest absolute Gasteiger partial charge is 0.459 e. The van der Waals surface area contributed by atoms with Crippen LogP contribution in [0.4, 0.5) is 4.39 Å². The van der Waals surface area contributed by atoms with E-state index in [9.17, 15) is 14.9 Å². The lowest BCUT2D eigenvalue weighted by atomic mass is 9.81. The Hall–Kier alpha value is -4.62. The van der Waals surface area contributed by atoms with Gasteiger partial charge in [-0.1, -0.05) is 36.4 Å². The third-order valence-corrected chi connectivity index (χ3v) is 6.68. The molecule has 0 unspecified atom stereocenters. The van der Waals surface area contributed by atoms with E-state index >= 15 is 4.39 Å². The van der Waals surface area contributed by atoms with Crippen LogP contribution < -0.4 is 0 Å². The van der Waals surface area contributed by atoms with Crippen LogP contribution in [0.5, 0.6) is 0 Å². The van der Waals surface area contributed by atoms with E-state index in [1.165, 1.54) is 29.0 Å². The third kappa shape index (κ3) is 4.07. The summed E-state index contributed by atoms with van der Waals surface area (Å²) in [5, 5.41) is 14.6. The Kier molecular flexibility index (Phi) is 6.38. The number of aromatic nitrogens is 3. The maximum absolute atomic E-state index is 16.9. The smallest absolute Gasteiger partial charge is 0.338 e. The van der Waals surface area contributed by atoms with Gasteiger partial charge in [-0.3, -0.25) is 0 Å². The van der Waals surface area contributed by atoms with Gasteiger partial charge in [-0.15, -0.1) is 0 Å². The van der Waals surface area contributed by atoms with E-state index < -0.39 is 42.0 Å². The van der Waals surface area contributed by atoms with Gasteiger partial charge in [-0.25, -0.2) is 23.5 Å². The second-order valence-corrected chi connectivity index (χ2v) is 9.04. The third-order valence-electron chi connectivity index (χ3n) is 6.68. The van der Waals surface area contributed by atoms with Gasteiger partial charge in [0.1, 0.15) is 25.1 Å². The summed E-state index contributed by atoms with van der Waals surface area (Å²) in [6.45, 7) is 2.41. The highest BCUT2D eigenvalue weighted by molar-refractivity contribution is 5.90. The molecule has 3 heterocycles. The molecule has 0 aliphatic carbocycles. The number of hydrogen-bond donors (Lipinski definition) is 0. The number of alkyl halides is 1. The zero-order valence-corrected chi connectivity index (χ0v) is 20.6. The zero-order chi connectivity index (χ0) is 26.9. The highest BCUT2D eigenvalue weighted by atomic mass is 19.1. The predicted molar refractivity (Wildman–Crippen MR) is 132 cm³/mol. The SMILES string of the molecule is Cc1ncnn2c([C@]3(C#N)O[C@H](COC(=O)c4ccccc4)[C@@H](OC(=O)c4ccccc4)[C@@]3(C)F)ccc12. The molecular weight excluding hydrogens is 491 g/mol. The van der Waals surface area contributed by atoms with Gasteiger partial charge < -0.3 is 14.2 Å². The average Bonchev–Trinajstić information content (AvgIpc) is 3.46. The number of aryl methyl sites for hydroxylation is 1. The second-order valence-electron chi connectivity index (χ2n) is 9.04. The lowest BCUT2D eigenvalue weighted by molar-refractivity contribution is -0.0746. The van der Waals surface area contributed by atoms with Gasteiger partial charge in [-0.2, -0.15) is 10.4 Å². The van der Waals surface area contributed by atoms with Crippen molar-refractivity contribution >= 4 is 17.5 Å². The van der Waals surface area contributed by atoms with Gasteiger partial charge >= 0.3 is 11.9 Å². The lowest BCUT2D eigenvalue weighted by Crippen LogP contribution is -2.50. The number of benzene rings is 2. The van der Waals surface area contributed by atoms with Crippen LogP contribution in [-0.4, -0.2) is 51.0 Å². The quantitative estimate of drug-likeness (QED) is 0.355. The molecule has 2 aromatic heterocycles. The second kappa shape index (κ2) is 9.68. The summed E-state index contributed by atoms with van der Waals surface area (Å²) >= 11 is 0. The van der Waals surface area contributed by atoms with E-state index in [0.29, 0.717) is 11.2 Å². The van der Waals surface area contributed by atoms with Crippen molar-refractivity contribution in [2.45, 2.75) is 37.3 Å². The molecule has 0 N–H and O–H groups in total. The summed E-state index contributed by atoms with van der Waals surface area (Å²) in [6, 6.07) is 21.4. The maximum atomic E-state index is 16.9. The number of carbonyl (C=O) groups is 2. The molecule has 4 aromatic rings. The Morgan fingerprint density at radius 3 is 2.32 bits per heavy atom. The number of halogens is 1. The highest BCUT2D eigenvalue weighted by Crippen LogP contribution is 2.51. The summed E-state index contributed by atoms with van der Waals surface area (Å²) in [4.78, 5) is 29.7. The maximum Gasteiger partial charge on any atom is 0.338 e. The van der Waals surface area contributed by atoms with E-state index in [-0.39, 0.29) is 16.8 Å². The van der Waals surface area contributed by atoms with Gasteiger partial charge in [-0.05, 0) is 50.2 Å². The molecule has 1 aliphatic heterocycles. The van der Waals surface area contributed by atoms with Gasteiger partial charge in [0.05, 0.1) is 28.0 Å². The van der Waals surface area contributed by atoms with Gasteiger partial charge in [0.2, 0.25) is 5.60 Å². The molecule has 1 fully saturated rings. The van der Waals surface area contributed by atoms with Crippen LogP contribution in [0.25, 0.3) is 5.52 Å². The Morgan fingerprint density at radius 2 is 1.68 bits per heavy atom. The molecule has 1 saturated heterocycles. The van der Waals surface area contributed by atoms with Crippen LogP contribution >= 0.6 is 0 Å². The fourth-order valence-electron chi connectivity index (χ4n) is 4.66. The summed E-state index contributed by atoms with van der Waals surface area (Å²) in [7, 11) is 0. The minimum Gasteiger partial charge on any atom is -0.459 e. The van der Waals surface area contributed by atoms with Gasteiger partial charge in [0.15, 0.2) is 11.8 Å². The van der Waals surface area contributed by atoms with Crippen molar-refractivity contribution in [3.05, 3.63) is 102 Å². The molecule has 38 heavy (non-hydrogen) atoms. The Balaban J connectivity index is 1.53. The van der Waals surface area contributed by atoms with E-state index in [1.807, 2.05) is 6.07 Å². The predicted octanol–water partition coefficient (Wildman–Crippen LogP) is 3.97. The van der Waals surface area contributed by atoms with Crippen molar-refractivity contribution in [2.24, 2.45) is 0 Å². The minimum absolute atomic E-state index is 0.0862. The molecule has 10 heteroatoms. The number of fused-ring (bicyclic) bond motifs is 1. The fraction of sp³-hybridized carbons (Fsp3) is 0.250. The topological polar surface area (TPSA) is 116 Å². The Labute approximate surface area is 217 Å². The summed E-state index contributed by atoms with van der Waals surface area (Å²) in [5.41, 5.74) is -3.12. The van der Waals surface area contributed by atoms with Crippen molar-refractivity contribution < 1.29 is 28.2 Å². The Bertz CT molecular complexity index is 1530. The Morgan fingerprint density at radius 1 is 1.05 bits per heavy atom. The summed E-state index contributed by atoms with van der Waals surface area (Å²) < 4.78 is 35.4. The lowest BCUT2D eigenvalue weighted by Gasteiger charge is -2.32. The summed E-state index contributed by atoms with van der Waals surface area (Å²) in [6.07, 6.45) is -1.63. The van der Waals surface area contributed by atoms with E-state index in [4.69, 9.17) is 14.2 Å². The van der Waals surface area contributed by atoms with Crippen LogP contribution in [-0.2, 0) is 19.8 Å². The standard InChI is InChI=1S/C28H23FN4O5/c1-18-21-13-14-23(33(21)32-17-31-18)28(16-30)27(2,29)24(37-26(35)20-11-7-4-8-12-20)22(38-28)15-36-25(34)19-9-5-3-6-10-19/h3-14,17,22,24H,15H2,1-2H3/t22-,24-,27-,28+/m1/s1. The summed E-state index contributed by atoms with van der Waals surface area (Å²) in [5.74, 6) is -1.48. The number of nitrogens with zero attached hydrogens (tertiary/aromatic N) is 4. The number of nitriles is 1. The van der Waals surface area contributed by atoms with E-state index in [1.54, 1.807) is 61.5 Å². The molecule has 0 saturated carbocycles. The van der Waals surface area contributed by atoms with Crippen molar-refractivity contribution in [1.82, 2.24) is 14.6 Å². The molecule has 0 bridgehead atoms.